The first-order valence-electron chi connectivity index (χ1n) is 8.22. The van der Waals surface area contributed by atoms with Crippen LogP contribution < -0.4 is 10.6 Å². The van der Waals surface area contributed by atoms with Crippen molar-refractivity contribution in [3.63, 3.8) is 0 Å². The maximum Gasteiger partial charge on any atom is 0.191 e. The van der Waals surface area contributed by atoms with Crippen LogP contribution in [0.1, 0.15) is 18.1 Å². The van der Waals surface area contributed by atoms with E-state index in [1.54, 1.807) is 24.3 Å². The van der Waals surface area contributed by atoms with Crippen molar-refractivity contribution >= 4 is 29.9 Å². The molecule has 0 saturated heterocycles. The second kappa shape index (κ2) is 11.7. The van der Waals surface area contributed by atoms with E-state index in [-0.39, 0.29) is 35.5 Å². The average Bonchev–Trinajstić information content (AvgIpc) is 2.55. The van der Waals surface area contributed by atoms with E-state index in [2.05, 4.69) is 15.6 Å². The van der Waals surface area contributed by atoms with Gasteiger partial charge in [0.2, 0.25) is 0 Å². The Kier molecular flexibility index (Phi) is 9.91. The van der Waals surface area contributed by atoms with Gasteiger partial charge < -0.3 is 15.7 Å². The van der Waals surface area contributed by atoms with Crippen LogP contribution in [-0.2, 0) is 12.8 Å². The molecule has 0 atom stereocenters. The van der Waals surface area contributed by atoms with E-state index >= 15 is 0 Å². The Morgan fingerprint density at radius 1 is 1.04 bits per heavy atom. The summed E-state index contributed by atoms with van der Waals surface area (Å²) in [7, 11) is 0. The molecule has 0 aliphatic carbocycles. The van der Waals surface area contributed by atoms with Gasteiger partial charge in [0, 0.05) is 19.6 Å². The molecule has 0 aliphatic heterocycles. The van der Waals surface area contributed by atoms with Crippen molar-refractivity contribution in [2.75, 3.05) is 19.6 Å². The molecule has 136 valence electrons. The van der Waals surface area contributed by atoms with Crippen molar-refractivity contribution in [1.82, 2.24) is 10.6 Å². The van der Waals surface area contributed by atoms with Crippen molar-refractivity contribution in [2.45, 2.75) is 19.8 Å². The predicted molar refractivity (Wildman–Crippen MR) is 111 cm³/mol. The van der Waals surface area contributed by atoms with Crippen LogP contribution >= 0.6 is 24.0 Å². The summed E-state index contributed by atoms with van der Waals surface area (Å²) in [5, 5.41) is 15.9. The van der Waals surface area contributed by atoms with E-state index in [1.807, 2.05) is 25.1 Å². The first-order valence-corrected chi connectivity index (χ1v) is 8.22. The molecule has 0 radical (unpaired) electrons. The normalized spacial score (nSPS) is 10.9. The zero-order valence-corrected chi connectivity index (χ0v) is 16.7. The lowest BCUT2D eigenvalue weighted by molar-refractivity contribution is 0.474. The highest BCUT2D eigenvalue weighted by atomic mass is 127. The van der Waals surface area contributed by atoms with Gasteiger partial charge in [-0.15, -0.1) is 24.0 Å². The molecular formula is C19H25FIN3O. The zero-order chi connectivity index (χ0) is 17.2. The number of benzene rings is 2. The van der Waals surface area contributed by atoms with Gasteiger partial charge in [-0.25, -0.2) is 4.39 Å². The van der Waals surface area contributed by atoms with Crippen LogP contribution in [0.5, 0.6) is 5.75 Å². The second-order valence-electron chi connectivity index (χ2n) is 5.49. The molecule has 0 bridgehead atoms. The Hall–Kier alpha value is -1.83. The molecule has 6 heteroatoms. The molecule has 3 N–H and O–H groups in total. The van der Waals surface area contributed by atoms with Gasteiger partial charge in [0.15, 0.2) is 5.96 Å². The number of hydrogen-bond acceptors (Lipinski definition) is 2. The fourth-order valence-corrected chi connectivity index (χ4v) is 2.37. The van der Waals surface area contributed by atoms with Crippen LogP contribution in [-0.4, -0.2) is 30.7 Å². The zero-order valence-electron chi connectivity index (χ0n) is 14.3. The lowest BCUT2D eigenvalue weighted by Crippen LogP contribution is -2.38. The highest BCUT2D eigenvalue weighted by Gasteiger charge is 2.00. The molecule has 2 aromatic carbocycles. The van der Waals surface area contributed by atoms with E-state index < -0.39 is 0 Å². The van der Waals surface area contributed by atoms with Gasteiger partial charge in [-0.05, 0) is 55.2 Å². The molecule has 0 spiro atoms. The van der Waals surface area contributed by atoms with Crippen LogP contribution in [0.2, 0.25) is 0 Å². The van der Waals surface area contributed by atoms with Crippen molar-refractivity contribution in [1.29, 1.82) is 0 Å². The monoisotopic (exact) mass is 457 g/mol. The van der Waals surface area contributed by atoms with Crippen LogP contribution in [0.4, 0.5) is 4.39 Å². The molecule has 0 unspecified atom stereocenters. The van der Waals surface area contributed by atoms with Crippen molar-refractivity contribution < 1.29 is 9.50 Å². The van der Waals surface area contributed by atoms with E-state index in [4.69, 9.17) is 0 Å². The number of phenols is 1. The smallest absolute Gasteiger partial charge is 0.191 e. The molecule has 0 fully saturated rings. The number of phenolic OH excluding ortho intramolecular Hbond substituents is 1. The first-order chi connectivity index (χ1) is 11.7. The van der Waals surface area contributed by atoms with Gasteiger partial charge in [0.1, 0.15) is 11.6 Å². The molecule has 0 aliphatic rings. The highest BCUT2D eigenvalue weighted by Crippen LogP contribution is 2.11. The topological polar surface area (TPSA) is 56.7 Å². The van der Waals surface area contributed by atoms with E-state index in [1.165, 1.54) is 6.07 Å². The standard InChI is InChI=1S/C19H24FN3O.HI/c1-2-21-19(22-11-9-15-5-3-7-17(20)13-15)23-12-10-16-6-4-8-18(24)14-16;/h3-8,13-14,24H,2,9-12H2,1H3,(H2,21,22,23);1H. The number of halogens is 2. The SMILES string of the molecule is CCNC(=NCCc1cccc(O)c1)NCCc1cccc(F)c1.I. The van der Waals surface area contributed by atoms with Crippen molar-refractivity contribution in [3.8, 4) is 5.75 Å². The van der Waals surface area contributed by atoms with Gasteiger partial charge >= 0.3 is 0 Å². The third-order valence-corrected chi connectivity index (χ3v) is 3.52. The molecule has 4 nitrogen and oxygen atoms in total. The summed E-state index contributed by atoms with van der Waals surface area (Å²) < 4.78 is 13.2. The lowest BCUT2D eigenvalue weighted by atomic mass is 10.1. The molecule has 2 rings (SSSR count). The maximum atomic E-state index is 13.2. The van der Waals surface area contributed by atoms with E-state index in [0.29, 0.717) is 13.1 Å². The van der Waals surface area contributed by atoms with Crippen molar-refractivity contribution in [2.24, 2.45) is 4.99 Å². The number of hydrogen-bond donors (Lipinski definition) is 3. The van der Waals surface area contributed by atoms with Gasteiger partial charge in [-0.3, -0.25) is 4.99 Å². The summed E-state index contributed by atoms with van der Waals surface area (Å²) in [5.74, 6) is 0.810. The third kappa shape index (κ3) is 8.20. The molecule has 0 heterocycles. The molecule has 2 aromatic rings. The average molecular weight is 457 g/mol. The number of aromatic hydroxyl groups is 1. The molecule has 25 heavy (non-hydrogen) atoms. The van der Waals surface area contributed by atoms with E-state index in [9.17, 15) is 9.50 Å². The molecule has 0 saturated carbocycles. The first kappa shape index (κ1) is 21.2. The number of nitrogens with zero attached hydrogens (tertiary/aromatic N) is 1. The Labute approximate surface area is 165 Å². The minimum absolute atomic E-state index is 0. The Morgan fingerprint density at radius 3 is 2.44 bits per heavy atom. The van der Waals surface area contributed by atoms with Gasteiger partial charge in [-0.2, -0.15) is 0 Å². The second-order valence-corrected chi connectivity index (χ2v) is 5.49. The summed E-state index contributed by atoms with van der Waals surface area (Å²) in [4.78, 5) is 4.53. The Morgan fingerprint density at radius 2 is 1.76 bits per heavy atom. The maximum absolute atomic E-state index is 13.2. The largest absolute Gasteiger partial charge is 0.508 e. The molecular weight excluding hydrogens is 432 g/mol. The summed E-state index contributed by atoms with van der Waals surface area (Å²) in [6.07, 6.45) is 1.49. The van der Waals surface area contributed by atoms with Gasteiger partial charge in [0.05, 0.1) is 0 Å². The number of aliphatic imine (C=N–C) groups is 1. The quantitative estimate of drug-likeness (QED) is 0.339. The Balaban J connectivity index is 0.00000312. The van der Waals surface area contributed by atoms with Crippen LogP contribution in [0, 0.1) is 5.82 Å². The summed E-state index contributed by atoms with van der Waals surface area (Å²) in [5.41, 5.74) is 2.01. The summed E-state index contributed by atoms with van der Waals surface area (Å²) in [6.45, 7) is 4.09. The third-order valence-electron chi connectivity index (χ3n) is 3.52. The summed E-state index contributed by atoms with van der Waals surface area (Å²) in [6, 6.07) is 13.8. The van der Waals surface area contributed by atoms with Crippen LogP contribution in [0.3, 0.4) is 0 Å². The fourth-order valence-electron chi connectivity index (χ4n) is 2.37. The van der Waals surface area contributed by atoms with Gasteiger partial charge in [-0.1, -0.05) is 24.3 Å². The highest BCUT2D eigenvalue weighted by molar-refractivity contribution is 14.0. The Bertz CT molecular complexity index is 679. The van der Waals surface area contributed by atoms with Crippen LogP contribution in [0.25, 0.3) is 0 Å². The predicted octanol–water partition coefficient (Wildman–Crippen LogP) is 3.49. The molecule has 0 aromatic heterocycles. The van der Waals surface area contributed by atoms with Gasteiger partial charge in [0.25, 0.3) is 0 Å². The molecule has 0 amide bonds. The lowest BCUT2D eigenvalue weighted by Gasteiger charge is -2.11. The number of rotatable bonds is 7. The number of nitrogens with one attached hydrogen (secondary N) is 2. The van der Waals surface area contributed by atoms with Crippen LogP contribution in [0.15, 0.2) is 53.5 Å². The van der Waals surface area contributed by atoms with E-state index in [0.717, 1.165) is 36.5 Å². The summed E-state index contributed by atoms with van der Waals surface area (Å²) >= 11 is 0. The minimum Gasteiger partial charge on any atom is -0.508 e. The van der Waals surface area contributed by atoms with Crippen molar-refractivity contribution in [3.05, 3.63) is 65.5 Å². The minimum atomic E-state index is -0.209. The fraction of sp³-hybridized carbons (Fsp3) is 0.316. The number of guanidine groups is 1.